The molecule has 1 unspecified atom stereocenters. The number of fused-ring (bicyclic) bond motifs is 1. The van der Waals surface area contributed by atoms with Crippen LogP contribution in [0.3, 0.4) is 0 Å². The molecule has 4 aromatic rings. The summed E-state index contributed by atoms with van der Waals surface area (Å²) in [4.78, 5) is 49.0. The summed E-state index contributed by atoms with van der Waals surface area (Å²) in [5, 5.41) is 0. The van der Waals surface area contributed by atoms with Crippen LogP contribution in [0.25, 0.3) is 33.5 Å². The lowest BCUT2D eigenvalue weighted by atomic mass is 9.97. The zero-order valence-electron chi connectivity index (χ0n) is 21.5. The first-order valence-electron chi connectivity index (χ1n) is 12.3. The van der Waals surface area contributed by atoms with Gasteiger partial charge in [0, 0.05) is 26.3 Å². The van der Waals surface area contributed by atoms with E-state index < -0.39 is 42.4 Å². The Kier molecular flexibility index (Phi) is 7.33. The number of rotatable bonds is 7. The van der Waals surface area contributed by atoms with Crippen LogP contribution in [0.2, 0.25) is 0 Å². The van der Waals surface area contributed by atoms with Gasteiger partial charge in [0.05, 0.1) is 6.33 Å². The molecule has 0 aliphatic carbocycles. The molecule has 200 valence electrons. The molecule has 0 bridgehead atoms. The first kappa shape index (κ1) is 26.0. The summed E-state index contributed by atoms with van der Waals surface area (Å²) in [7, 11) is 0. The zero-order valence-corrected chi connectivity index (χ0v) is 21.5. The maximum absolute atomic E-state index is 12.0. The number of esters is 3. The summed E-state index contributed by atoms with van der Waals surface area (Å²) in [6, 6.07) is 17.8. The molecule has 5 rings (SSSR count). The molecule has 2 aromatic heterocycles. The molecule has 11 nitrogen and oxygen atoms in total. The van der Waals surface area contributed by atoms with Crippen molar-refractivity contribution in [2.45, 2.75) is 45.3 Å². The van der Waals surface area contributed by atoms with Crippen molar-refractivity contribution < 1.29 is 33.3 Å². The van der Waals surface area contributed by atoms with Gasteiger partial charge in [-0.15, -0.1) is 0 Å². The van der Waals surface area contributed by atoms with Crippen molar-refractivity contribution in [2.24, 2.45) is 0 Å². The normalized spacial score (nSPS) is 20.5. The molecule has 1 saturated heterocycles. The second kappa shape index (κ2) is 11.0. The van der Waals surface area contributed by atoms with Crippen LogP contribution in [0, 0.1) is 0 Å². The number of benzene rings is 2. The molecule has 0 spiro atoms. The Bertz CT molecular complexity index is 1520. The predicted octanol–water partition coefficient (Wildman–Crippen LogP) is 3.48. The van der Waals surface area contributed by atoms with Crippen LogP contribution in [0.4, 0.5) is 0 Å². The maximum atomic E-state index is 12.0. The van der Waals surface area contributed by atoms with E-state index in [2.05, 4.69) is 15.0 Å². The molecule has 39 heavy (non-hydrogen) atoms. The number of carbonyl (C=O) groups excluding carboxylic acids is 3. The fourth-order valence-corrected chi connectivity index (χ4v) is 4.71. The molecule has 2 aromatic carbocycles. The third-order valence-corrected chi connectivity index (χ3v) is 6.24. The maximum Gasteiger partial charge on any atom is 0.303 e. The topological polar surface area (TPSA) is 132 Å². The predicted molar refractivity (Wildman–Crippen MR) is 138 cm³/mol. The first-order valence-corrected chi connectivity index (χ1v) is 12.3. The minimum atomic E-state index is -1.06. The SMILES string of the molecule is CC(=O)OC[C@@H]1OC(n2cnc3c(-c4ccccc4-c4ccccc4)ncnc32)[C@@H](OC(C)=O)[C@@H]1OC(C)=O. The van der Waals surface area contributed by atoms with Crippen molar-refractivity contribution >= 4 is 29.1 Å². The summed E-state index contributed by atoms with van der Waals surface area (Å²) in [6.07, 6.45) is -1.03. The Morgan fingerprint density at radius 3 is 2.18 bits per heavy atom. The highest BCUT2D eigenvalue weighted by molar-refractivity contribution is 5.93. The Labute approximate surface area is 223 Å². The molecular formula is C28H26N4O7. The van der Waals surface area contributed by atoms with Gasteiger partial charge < -0.3 is 18.9 Å². The van der Waals surface area contributed by atoms with Crippen molar-refractivity contribution in [3.05, 3.63) is 67.3 Å². The lowest BCUT2D eigenvalue weighted by Crippen LogP contribution is -2.40. The van der Waals surface area contributed by atoms with Crippen LogP contribution in [-0.4, -0.2) is 62.3 Å². The van der Waals surface area contributed by atoms with Gasteiger partial charge >= 0.3 is 17.9 Å². The third-order valence-electron chi connectivity index (χ3n) is 6.24. The molecule has 1 aliphatic rings. The molecule has 0 radical (unpaired) electrons. The fraction of sp³-hybridized carbons (Fsp3) is 0.286. The molecular weight excluding hydrogens is 504 g/mol. The number of nitrogens with zero attached hydrogens (tertiary/aromatic N) is 4. The van der Waals surface area contributed by atoms with Crippen molar-refractivity contribution in [1.29, 1.82) is 0 Å². The highest BCUT2D eigenvalue weighted by atomic mass is 16.7. The van der Waals surface area contributed by atoms with Crippen molar-refractivity contribution in [3.63, 3.8) is 0 Å². The van der Waals surface area contributed by atoms with E-state index in [0.29, 0.717) is 16.9 Å². The zero-order chi connectivity index (χ0) is 27.5. The lowest BCUT2D eigenvalue weighted by Gasteiger charge is -2.23. The Hall–Kier alpha value is -4.64. The van der Waals surface area contributed by atoms with E-state index in [9.17, 15) is 14.4 Å². The number of carbonyl (C=O) groups is 3. The van der Waals surface area contributed by atoms with Crippen LogP contribution >= 0.6 is 0 Å². The smallest absolute Gasteiger partial charge is 0.303 e. The minimum Gasteiger partial charge on any atom is -0.463 e. The van der Waals surface area contributed by atoms with Crippen molar-refractivity contribution in [2.75, 3.05) is 6.61 Å². The monoisotopic (exact) mass is 530 g/mol. The Morgan fingerprint density at radius 2 is 1.49 bits per heavy atom. The van der Waals surface area contributed by atoms with Crippen LogP contribution < -0.4 is 0 Å². The number of hydrogen-bond donors (Lipinski definition) is 0. The number of imidazole rings is 1. The van der Waals surface area contributed by atoms with E-state index in [-0.39, 0.29) is 6.61 Å². The van der Waals surface area contributed by atoms with Crippen LogP contribution in [0.1, 0.15) is 27.0 Å². The molecule has 3 heterocycles. The van der Waals surface area contributed by atoms with Gasteiger partial charge in [0.2, 0.25) is 0 Å². The largest absolute Gasteiger partial charge is 0.463 e. The van der Waals surface area contributed by atoms with Gasteiger partial charge in [0.15, 0.2) is 24.1 Å². The summed E-state index contributed by atoms with van der Waals surface area (Å²) >= 11 is 0. The van der Waals surface area contributed by atoms with E-state index in [0.717, 1.165) is 16.7 Å². The molecule has 1 aliphatic heterocycles. The minimum absolute atomic E-state index is 0.209. The van der Waals surface area contributed by atoms with Gasteiger partial charge in [-0.05, 0) is 11.1 Å². The molecule has 1 fully saturated rings. The van der Waals surface area contributed by atoms with E-state index in [1.54, 1.807) is 4.57 Å². The van der Waals surface area contributed by atoms with Crippen LogP contribution in [-0.2, 0) is 33.3 Å². The van der Waals surface area contributed by atoms with E-state index in [1.165, 1.54) is 33.4 Å². The number of aromatic nitrogens is 4. The quantitative estimate of drug-likeness (QED) is 0.258. The standard InChI is InChI=1S/C28H26N4O7/c1-16(33)36-13-22-25(37-17(2)34)26(38-18(3)35)28(39-22)32-15-31-24-23(29-14-30-27(24)32)21-12-8-7-11-20(21)19-9-5-4-6-10-19/h4-12,14-15,22,25-26,28H,13H2,1-3H3/t22-,25+,26-,28?/m0/s1. The second-order valence-corrected chi connectivity index (χ2v) is 8.97. The van der Waals surface area contributed by atoms with Gasteiger partial charge in [-0.3, -0.25) is 19.0 Å². The van der Waals surface area contributed by atoms with E-state index in [1.807, 2.05) is 54.6 Å². The van der Waals surface area contributed by atoms with E-state index >= 15 is 0 Å². The van der Waals surface area contributed by atoms with Gasteiger partial charge in [-0.1, -0.05) is 54.6 Å². The molecule has 0 saturated carbocycles. The molecule has 0 amide bonds. The van der Waals surface area contributed by atoms with E-state index in [4.69, 9.17) is 18.9 Å². The van der Waals surface area contributed by atoms with Gasteiger partial charge in [0.25, 0.3) is 0 Å². The average molecular weight is 531 g/mol. The third kappa shape index (κ3) is 5.34. The summed E-state index contributed by atoms with van der Waals surface area (Å²) in [5.41, 5.74) is 4.37. The van der Waals surface area contributed by atoms with Crippen LogP contribution in [0.15, 0.2) is 67.3 Å². The first-order chi connectivity index (χ1) is 18.8. The molecule has 11 heteroatoms. The van der Waals surface area contributed by atoms with Crippen molar-refractivity contribution in [3.8, 4) is 22.4 Å². The fourth-order valence-electron chi connectivity index (χ4n) is 4.71. The number of ether oxygens (including phenoxy) is 4. The van der Waals surface area contributed by atoms with Gasteiger partial charge in [-0.2, -0.15) is 0 Å². The van der Waals surface area contributed by atoms with Crippen LogP contribution in [0.5, 0.6) is 0 Å². The Balaban J connectivity index is 1.59. The number of hydrogen-bond acceptors (Lipinski definition) is 10. The average Bonchev–Trinajstić information content (AvgIpc) is 3.49. The van der Waals surface area contributed by atoms with Gasteiger partial charge in [-0.25, -0.2) is 15.0 Å². The second-order valence-electron chi connectivity index (χ2n) is 8.97. The summed E-state index contributed by atoms with van der Waals surface area (Å²) in [5.74, 6) is -1.74. The van der Waals surface area contributed by atoms with Gasteiger partial charge in [0.1, 0.15) is 30.2 Å². The summed E-state index contributed by atoms with van der Waals surface area (Å²) < 4.78 is 23.9. The lowest BCUT2D eigenvalue weighted by molar-refractivity contribution is -0.166. The van der Waals surface area contributed by atoms with Crippen molar-refractivity contribution in [1.82, 2.24) is 19.5 Å². The Morgan fingerprint density at radius 1 is 0.821 bits per heavy atom. The molecule has 0 N–H and O–H groups in total. The highest BCUT2D eigenvalue weighted by Crippen LogP contribution is 2.38. The molecule has 4 atom stereocenters. The summed E-state index contributed by atoms with van der Waals surface area (Å²) in [6.45, 7) is 3.52. The highest BCUT2D eigenvalue weighted by Gasteiger charge is 2.51.